The molecule has 0 saturated carbocycles. The molecule has 0 fully saturated rings. The number of carbonyl (C=O) groups excluding carboxylic acids is 1. The SMILES string of the molecule is O=Cc1cc(F)cc(OCC2CCCc3ccccc32)c1. The van der Waals surface area contributed by atoms with Crippen molar-refractivity contribution in [2.24, 2.45) is 0 Å². The van der Waals surface area contributed by atoms with E-state index in [9.17, 15) is 9.18 Å². The molecule has 3 rings (SSSR count). The zero-order valence-electron chi connectivity index (χ0n) is 11.7. The van der Waals surface area contributed by atoms with E-state index in [-0.39, 0.29) is 0 Å². The van der Waals surface area contributed by atoms with Crippen LogP contribution in [-0.4, -0.2) is 12.9 Å². The van der Waals surface area contributed by atoms with Crippen molar-refractivity contribution >= 4 is 6.29 Å². The molecule has 0 saturated heterocycles. The van der Waals surface area contributed by atoms with Crippen LogP contribution in [0.4, 0.5) is 4.39 Å². The fourth-order valence-electron chi connectivity index (χ4n) is 2.96. The van der Waals surface area contributed by atoms with Gasteiger partial charge < -0.3 is 4.74 Å². The van der Waals surface area contributed by atoms with Crippen LogP contribution in [0.2, 0.25) is 0 Å². The fourth-order valence-corrected chi connectivity index (χ4v) is 2.96. The Balaban J connectivity index is 1.74. The minimum atomic E-state index is -0.446. The third kappa shape index (κ3) is 3.13. The van der Waals surface area contributed by atoms with Gasteiger partial charge in [-0.15, -0.1) is 0 Å². The molecule has 108 valence electrons. The summed E-state index contributed by atoms with van der Waals surface area (Å²) >= 11 is 0. The van der Waals surface area contributed by atoms with Crippen LogP contribution in [0.25, 0.3) is 0 Å². The molecule has 2 nitrogen and oxygen atoms in total. The van der Waals surface area contributed by atoms with E-state index in [0.717, 1.165) is 19.3 Å². The van der Waals surface area contributed by atoms with Crippen molar-refractivity contribution in [2.45, 2.75) is 25.2 Å². The molecule has 0 amide bonds. The summed E-state index contributed by atoms with van der Waals surface area (Å²) in [4.78, 5) is 10.8. The number of ether oxygens (including phenoxy) is 1. The van der Waals surface area contributed by atoms with E-state index in [2.05, 4.69) is 18.2 Å². The Morgan fingerprint density at radius 3 is 2.95 bits per heavy atom. The molecule has 1 atom stereocenters. The number of rotatable bonds is 4. The Bertz CT molecular complexity index is 651. The molecule has 0 N–H and O–H groups in total. The van der Waals surface area contributed by atoms with Gasteiger partial charge in [-0.1, -0.05) is 24.3 Å². The molecule has 21 heavy (non-hydrogen) atoms. The van der Waals surface area contributed by atoms with Crippen molar-refractivity contribution in [1.29, 1.82) is 0 Å². The number of halogens is 1. The predicted octanol–water partition coefficient (Wildman–Crippen LogP) is 4.14. The number of carbonyl (C=O) groups is 1. The largest absolute Gasteiger partial charge is 0.493 e. The van der Waals surface area contributed by atoms with Crippen molar-refractivity contribution in [3.8, 4) is 5.75 Å². The standard InChI is InChI=1S/C18H17FO2/c19-16-8-13(11-20)9-17(10-16)21-12-15-6-3-5-14-4-1-2-7-18(14)15/h1-2,4,7-11,15H,3,5-6,12H2. The smallest absolute Gasteiger partial charge is 0.150 e. The normalized spacial score (nSPS) is 17.1. The van der Waals surface area contributed by atoms with Gasteiger partial charge in [0.25, 0.3) is 0 Å². The van der Waals surface area contributed by atoms with Gasteiger partial charge in [-0.3, -0.25) is 4.79 Å². The second kappa shape index (κ2) is 6.08. The molecule has 2 aromatic rings. The fraction of sp³-hybridized carbons (Fsp3) is 0.278. The number of benzene rings is 2. The van der Waals surface area contributed by atoms with Gasteiger partial charge in [0.2, 0.25) is 0 Å². The Kier molecular flexibility index (Phi) is 4.00. The minimum absolute atomic E-state index is 0.300. The van der Waals surface area contributed by atoms with E-state index in [1.54, 1.807) is 6.07 Å². The van der Waals surface area contributed by atoms with Crippen LogP contribution in [-0.2, 0) is 6.42 Å². The molecule has 0 heterocycles. The third-order valence-electron chi connectivity index (χ3n) is 3.97. The highest BCUT2D eigenvalue weighted by molar-refractivity contribution is 5.75. The van der Waals surface area contributed by atoms with Gasteiger partial charge >= 0.3 is 0 Å². The number of hydrogen-bond acceptors (Lipinski definition) is 2. The molecule has 1 aliphatic carbocycles. The van der Waals surface area contributed by atoms with Crippen molar-refractivity contribution in [3.63, 3.8) is 0 Å². The highest BCUT2D eigenvalue weighted by Crippen LogP contribution is 2.32. The number of fused-ring (bicyclic) bond motifs is 1. The lowest BCUT2D eigenvalue weighted by atomic mass is 9.83. The summed E-state index contributed by atoms with van der Waals surface area (Å²) < 4.78 is 19.1. The second-order valence-electron chi connectivity index (χ2n) is 5.44. The van der Waals surface area contributed by atoms with Crippen molar-refractivity contribution in [2.75, 3.05) is 6.61 Å². The summed E-state index contributed by atoms with van der Waals surface area (Å²) in [6.45, 7) is 0.513. The highest BCUT2D eigenvalue weighted by Gasteiger charge is 2.20. The maximum Gasteiger partial charge on any atom is 0.150 e. The molecule has 3 heteroatoms. The average Bonchev–Trinajstić information content (AvgIpc) is 2.52. The van der Waals surface area contributed by atoms with Crippen molar-refractivity contribution in [3.05, 3.63) is 65.0 Å². The first-order valence-corrected chi connectivity index (χ1v) is 7.22. The van der Waals surface area contributed by atoms with Crippen LogP contribution in [0.15, 0.2) is 42.5 Å². The van der Waals surface area contributed by atoms with E-state index >= 15 is 0 Å². The summed E-state index contributed by atoms with van der Waals surface area (Å²) in [5.74, 6) is 0.302. The molecule has 0 aromatic heterocycles. The summed E-state index contributed by atoms with van der Waals surface area (Å²) in [5.41, 5.74) is 3.01. The van der Waals surface area contributed by atoms with Crippen molar-refractivity contribution < 1.29 is 13.9 Å². The molecule has 0 spiro atoms. The van der Waals surface area contributed by atoms with Crippen LogP contribution in [0.1, 0.15) is 40.2 Å². The molecular weight excluding hydrogens is 267 g/mol. The van der Waals surface area contributed by atoms with Crippen LogP contribution >= 0.6 is 0 Å². The Labute approximate surface area is 123 Å². The van der Waals surface area contributed by atoms with Gasteiger partial charge in [-0.05, 0) is 42.5 Å². The van der Waals surface area contributed by atoms with E-state index in [1.165, 1.54) is 23.3 Å². The summed E-state index contributed by atoms with van der Waals surface area (Å²) in [6.07, 6.45) is 3.97. The maximum absolute atomic E-state index is 13.4. The van der Waals surface area contributed by atoms with E-state index in [1.807, 2.05) is 6.07 Å². The lowest BCUT2D eigenvalue weighted by Crippen LogP contribution is -2.16. The second-order valence-corrected chi connectivity index (χ2v) is 5.44. The zero-order valence-corrected chi connectivity index (χ0v) is 11.7. The third-order valence-corrected chi connectivity index (χ3v) is 3.97. The Morgan fingerprint density at radius 2 is 2.10 bits per heavy atom. The molecular formula is C18H17FO2. The average molecular weight is 284 g/mol. The van der Waals surface area contributed by atoms with Crippen molar-refractivity contribution in [1.82, 2.24) is 0 Å². The van der Waals surface area contributed by atoms with Crippen LogP contribution in [0.3, 0.4) is 0 Å². The summed E-state index contributed by atoms with van der Waals surface area (Å²) in [7, 11) is 0. The molecule has 1 unspecified atom stereocenters. The number of aldehydes is 1. The van der Waals surface area contributed by atoms with Gasteiger partial charge in [0.15, 0.2) is 0 Å². The zero-order chi connectivity index (χ0) is 14.7. The molecule has 2 aromatic carbocycles. The molecule has 1 aliphatic rings. The van der Waals surface area contributed by atoms with Crippen LogP contribution < -0.4 is 4.74 Å². The quantitative estimate of drug-likeness (QED) is 0.789. The van der Waals surface area contributed by atoms with E-state index < -0.39 is 5.82 Å². The monoisotopic (exact) mass is 284 g/mol. The van der Waals surface area contributed by atoms with Gasteiger partial charge in [0.1, 0.15) is 17.9 Å². The number of hydrogen-bond donors (Lipinski definition) is 0. The first-order valence-electron chi connectivity index (χ1n) is 7.22. The van der Waals surface area contributed by atoms with E-state index in [4.69, 9.17) is 4.74 Å². The van der Waals surface area contributed by atoms with E-state index in [0.29, 0.717) is 30.1 Å². The molecule has 0 aliphatic heterocycles. The lowest BCUT2D eigenvalue weighted by Gasteiger charge is -2.25. The highest BCUT2D eigenvalue weighted by atomic mass is 19.1. The Hall–Kier alpha value is -2.16. The lowest BCUT2D eigenvalue weighted by molar-refractivity contribution is 0.112. The van der Waals surface area contributed by atoms with Gasteiger partial charge in [0, 0.05) is 17.5 Å². The Morgan fingerprint density at radius 1 is 1.24 bits per heavy atom. The summed E-state index contributed by atoms with van der Waals surface area (Å²) in [6, 6.07) is 12.5. The first kappa shape index (κ1) is 13.8. The van der Waals surface area contributed by atoms with Gasteiger partial charge in [-0.25, -0.2) is 4.39 Å². The number of aryl methyl sites for hydroxylation is 1. The topological polar surface area (TPSA) is 26.3 Å². The molecule has 0 bridgehead atoms. The predicted molar refractivity (Wildman–Crippen MR) is 79.4 cm³/mol. The van der Waals surface area contributed by atoms with Gasteiger partial charge in [0.05, 0.1) is 6.61 Å². The summed E-state index contributed by atoms with van der Waals surface area (Å²) in [5, 5.41) is 0. The molecule has 0 radical (unpaired) electrons. The van der Waals surface area contributed by atoms with Gasteiger partial charge in [-0.2, -0.15) is 0 Å². The first-order chi connectivity index (χ1) is 10.3. The minimum Gasteiger partial charge on any atom is -0.493 e. The van der Waals surface area contributed by atoms with Crippen LogP contribution in [0, 0.1) is 5.82 Å². The van der Waals surface area contributed by atoms with Crippen LogP contribution in [0.5, 0.6) is 5.75 Å². The maximum atomic E-state index is 13.4.